The minimum Gasteiger partial charge on any atom is -0.462 e. The minimum absolute atomic E-state index is 0.203. The van der Waals surface area contributed by atoms with Gasteiger partial charge in [-0.1, -0.05) is 41.7 Å². The summed E-state index contributed by atoms with van der Waals surface area (Å²) in [5.41, 5.74) is 1.25. The van der Waals surface area contributed by atoms with Crippen LogP contribution in [0.15, 0.2) is 48.6 Å². The lowest BCUT2D eigenvalue weighted by molar-refractivity contribution is -0.114. The number of rotatable bonds is 7. The molecular formula is C20H21FN2O3S. The Morgan fingerprint density at radius 3 is 2.59 bits per heavy atom. The van der Waals surface area contributed by atoms with Crippen LogP contribution in [0.1, 0.15) is 34.8 Å². The van der Waals surface area contributed by atoms with E-state index in [9.17, 15) is 14.0 Å². The summed E-state index contributed by atoms with van der Waals surface area (Å²) in [7, 11) is 0. The predicted octanol–water partition coefficient (Wildman–Crippen LogP) is 4.43. The highest BCUT2D eigenvalue weighted by Gasteiger charge is 2.23. The second-order valence-electron chi connectivity index (χ2n) is 5.57. The highest BCUT2D eigenvalue weighted by atomic mass is 32.1. The fourth-order valence-corrected chi connectivity index (χ4v) is 3.20. The van der Waals surface area contributed by atoms with E-state index in [1.165, 1.54) is 23.1 Å². The van der Waals surface area contributed by atoms with Crippen LogP contribution in [0.3, 0.4) is 0 Å². The molecule has 1 heterocycles. The Labute approximate surface area is 161 Å². The molecule has 0 aliphatic heterocycles. The average Bonchev–Trinajstić information content (AvgIpc) is 3.03. The lowest BCUT2D eigenvalue weighted by Gasteiger charge is -2.18. The molecule has 142 valence electrons. The SMILES string of the molecule is C/C=C/C=C/C(=O)N(Cc1ccc(F)cc1)c1nc(C)c(C(=O)OCC)s1. The molecule has 0 aliphatic carbocycles. The molecule has 0 N–H and O–H groups in total. The van der Waals surface area contributed by atoms with Crippen LogP contribution in [0.2, 0.25) is 0 Å². The molecule has 0 spiro atoms. The maximum absolute atomic E-state index is 13.2. The first-order valence-corrected chi connectivity index (χ1v) is 9.27. The van der Waals surface area contributed by atoms with Crippen LogP contribution in [0.4, 0.5) is 9.52 Å². The molecule has 0 fully saturated rings. The van der Waals surface area contributed by atoms with Crippen molar-refractivity contribution in [1.82, 2.24) is 4.98 Å². The van der Waals surface area contributed by atoms with Crippen LogP contribution in [-0.4, -0.2) is 23.5 Å². The van der Waals surface area contributed by atoms with Crippen LogP contribution >= 0.6 is 11.3 Å². The molecule has 2 aromatic rings. The Balaban J connectivity index is 2.36. The Hall–Kier alpha value is -2.80. The number of ether oxygens (including phenoxy) is 1. The van der Waals surface area contributed by atoms with E-state index in [-0.39, 0.29) is 24.9 Å². The van der Waals surface area contributed by atoms with Gasteiger partial charge in [0.2, 0.25) is 0 Å². The number of hydrogen-bond acceptors (Lipinski definition) is 5. The van der Waals surface area contributed by atoms with Crippen molar-refractivity contribution in [2.75, 3.05) is 11.5 Å². The number of amides is 1. The summed E-state index contributed by atoms with van der Waals surface area (Å²) in [6.07, 6.45) is 6.60. The van der Waals surface area contributed by atoms with E-state index in [1.807, 2.05) is 6.92 Å². The van der Waals surface area contributed by atoms with Crippen LogP contribution in [0.25, 0.3) is 0 Å². The summed E-state index contributed by atoms with van der Waals surface area (Å²) in [6.45, 7) is 5.74. The van der Waals surface area contributed by atoms with Gasteiger partial charge in [-0.3, -0.25) is 9.69 Å². The Bertz CT molecular complexity index is 857. The number of anilines is 1. The summed E-state index contributed by atoms with van der Waals surface area (Å²) in [6, 6.07) is 5.89. The van der Waals surface area contributed by atoms with Gasteiger partial charge in [0, 0.05) is 6.08 Å². The van der Waals surface area contributed by atoms with Crippen LogP contribution in [0, 0.1) is 12.7 Å². The van der Waals surface area contributed by atoms with Crippen LogP contribution in [0.5, 0.6) is 0 Å². The lowest BCUT2D eigenvalue weighted by atomic mass is 10.2. The zero-order valence-electron chi connectivity index (χ0n) is 15.4. The van der Waals surface area contributed by atoms with E-state index in [0.717, 1.165) is 16.9 Å². The Kier molecular flexibility index (Phi) is 7.43. The molecule has 0 atom stereocenters. The van der Waals surface area contributed by atoms with Gasteiger partial charge in [0.1, 0.15) is 10.7 Å². The third-order valence-corrected chi connectivity index (χ3v) is 4.70. The monoisotopic (exact) mass is 388 g/mol. The largest absolute Gasteiger partial charge is 0.462 e. The van der Waals surface area contributed by atoms with Gasteiger partial charge in [0.25, 0.3) is 5.91 Å². The van der Waals surface area contributed by atoms with Gasteiger partial charge in [0.15, 0.2) is 5.13 Å². The summed E-state index contributed by atoms with van der Waals surface area (Å²) in [4.78, 5) is 30.9. The van der Waals surface area contributed by atoms with Crippen molar-refractivity contribution in [3.63, 3.8) is 0 Å². The van der Waals surface area contributed by atoms with Crippen molar-refractivity contribution in [2.24, 2.45) is 0 Å². The van der Waals surface area contributed by atoms with Crippen LogP contribution < -0.4 is 4.90 Å². The third kappa shape index (κ3) is 5.59. The summed E-state index contributed by atoms with van der Waals surface area (Å²) >= 11 is 1.10. The number of aryl methyl sites for hydroxylation is 1. The molecular weight excluding hydrogens is 367 g/mol. The number of thiazole rings is 1. The first-order valence-electron chi connectivity index (χ1n) is 8.46. The topological polar surface area (TPSA) is 59.5 Å². The van der Waals surface area contributed by atoms with Gasteiger partial charge in [0.05, 0.1) is 18.8 Å². The fourth-order valence-electron chi connectivity index (χ4n) is 2.23. The quantitative estimate of drug-likeness (QED) is 0.400. The first kappa shape index (κ1) is 20.5. The van der Waals surface area contributed by atoms with E-state index in [1.54, 1.807) is 44.2 Å². The fraction of sp³-hybridized carbons (Fsp3) is 0.250. The van der Waals surface area contributed by atoms with Crippen molar-refractivity contribution >= 4 is 28.3 Å². The Morgan fingerprint density at radius 2 is 1.96 bits per heavy atom. The van der Waals surface area contributed by atoms with Gasteiger partial charge < -0.3 is 4.74 Å². The number of carbonyl (C=O) groups is 2. The number of aromatic nitrogens is 1. The molecule has 0 radical (unpaired) electrons. The lowest BCUT2D eigenvalue weighted by Crippen LogP contribution is -2.28. The number of esters is 1. The number of allylic oxidation sites excluding steroid dienone is 3. The molecule has 0 saturated carbocycles. The first-order chi connectivity index (χ1) is 13.0. The molecule has 2 rings (SSSR count). The molecule has 0 bridgehead atoms. The summed E-state index contributed by atoms with van der Waals surface area (Å²) in [5.74, 6) is -1.10. The van der Waals surface area contributed by atoms with E-state index in [2.05, 4.69) is 4.98 Å². The summed E-state index contributed by atoms with van der Waals surface area (Å²) in [5, 5.41) is 0.384. The molecule has 1 aromatic carbocycles. The number of benzene rings is 1. The maximum Gasteiger partial charge on any atom is 0.350 e. The number of nitrogens with zero attached hydrogens (tertiary/aromatic N) is 2. The van der Waals surface area contributed by atoms with Gasteiger partial charge in [-0.25, -0.2) is 14.2 Å². The molecule has 0 saturated heterocycles. The molecule has 0 unspecified atom stereocenters. The Morgan fingerprint density at radius 1 is 1.26 bits per heavy atom. The maximum atomic E-state index is 13.2. The minimum atomic E-state index is -0.461. The van der Waals surface area contributed by atoms with Gasteiger partial charge in [-0.05, 0) is 38.5 Å². The van der Waals surface area contributed by atoms with E-state index >= 15 is 0 Å². The van der Waals surface area contributed by atoms with Crippen molar-refractivity contribution in [3.8, 4) is 0 Å². The van der Waals surface area contributed by atoms with Gasteiger partial charge >= 0.3 is 5.97 Å². The standard InChI is InChI=1S/C20H21FN2O3S/c1-4-6-7-8-17(24)23(13-15-9-11-16(21)12-10-15)20-22-14(3)18(27-20)19(25)26-5-2/h4,6-12H,5,13H2,1-3H3/b6-4+,8-7+. The van der Waals surface area contributed by atoms with Crippen molar-refractivity contribution in [2.45, 2.75) is 27.3 Å². The van der Waals surface area contributed by atoms with E-state index < -0.39 is 5.97 Å². The summed E-state index contributed by atoms with van der Waals surface area (Å²) < 4.78 is 18.2. The van der Waals surface area contributed by atoms with Crippen LogP contribution in [-0.2, 0) is 16.1 Å². The highest BCUT2D eigenvalue weighted by molar-refractivity contribution is 7.17. The number of halogens is 1. The molecule has 1 aromatic heterocycles. The molecule has 7 heteroatoms. The second-order valence-corrected chi connectivity index (χ2v) is 6.54. The zero-order valence-corrected chi connectivity index (χ0v) is 16.3. The molecule has 0 aliphatic rings. The van der Waals surface area contributed by atoms with Crippen molar-refractivity contribution in [1.29, 1.82) is 0 Å². The van der Waals surface area contributed by atoms with E-state index in [4.69, 9.17) is 4.74 Å². The predicted molar refractivity (Wildman–Crippen MR) is 104 cm³/mol. The number of hydrogen-bond donors (Lipinski definition) is 0. The average molecular weight is 388 g/mol. The molecule has 27 heavy (non-hydrogen) atoms. The van der Waals surface area contributed by atoms with E-state index in [0.29, 0.717) is 15.7 Å². The van der Waals surface area contributed by atoms with Crippen molar-refractivity contribution < 1.29 is 18.7 Å². The number of carbonyl (C=O) groups excluding carboxylic acids is 2. The second kappa shape index (κ2) is 9.78. The molecule has 5 nitrogen and oxygen atoms in total. The molecule has 1 amide bonds. The van der Waals surface area contributed by atoms with Crippen molar-refractivity contribution in [3.05, 3.63) is 70.5 Å². The van der Waals surface area contributed by atoms with Gasteiger partial charge in [-0.2, -0.15) is 0 Å². The zero-order chi connectivity index (χ0) is 19.8. The third-order valence-electron chi connectivity index (χ3n) is 3.54. The highest BCUT2D eigenvalue weighted by Crippen LogP contribution is 2.28. The normalized spacial score (nSPS) is 11.3. The van der Waals surface area contributed by atoms with Gasteiger partial charge in [-0.15, -0.1) is 0 Å². The smallest absolute Gasteiger partial charge is 0.350 e.